The monoisotopic (exact) mass is 512 g/mol. The van der Waals surface area contributed by atoms with E-state index in [2.05, 4.69) is 17.0 Å². The van der Waals surface area contributed by atoms with Crippen LogP contribution in [0.1, 0.15) is 20.8 Å². The number of carbonyl (C=O) groups is 3. The third kappa shape index (κ3) is 7.82. The molecule has 36 heavy (non-hydrogen) atoms. The standard InChI is InChI=1S/C24H26N2O3S.C2H2O4/c1-28-21-10-9-20(16-22(21)29-18-19-6-3-2-4-7-19)17-25-11-13-26(14-12-25)24(27)23-8-5-15-30-23;3-1(4)2(5)6/h2-10,15-16H,11-14,17-18H2,1H3;(H,3,4)(H,5,6). The van der Waals surface area contributed by atoms with E-state index >= 15 is 0 Å². The van der Waals surface area contributed by atoms with Crippen LogP contribution in [0.2, 0.25) is 0 Å². The molecule has 4 rings (SSSR count). The lowest BCUT2D eigenvalue weighted by Gasteiger charge is -2.34. The van der Waals surface area contributed by atoms with Gasteiger partial charge in [-0.2, -0.15) is 0 Å². The van der Waals surface area contributed by atoms with Gasteiger partial charge >= 0.3 is 11.9 Å². The Hall–Kier alpha value is -3.89. The Balaban J connectivity index is 0.000000538. The fourth-order valence-electron chi connectivity index (χ4n) is 3.59. The minimum Gasteiger partial charge on any atom is -0.493 e. The predicted octanol–water partition coefficient (Wildman–Crippen LogP) is 3.45. The van der Waals surface area contributed by atoms with Crippen LogP contribution in [0.15, 0.2) is 66.0 Å². The van der Waals surface area contributed by atoms with Gasteiger partial charge in [-0.3, -0.25) is 9.69 Å². The number of aliphatic carboxylic acids is 2. The highest BCUT2D eigenvalue weighted by atomic mass is 32.1. The highest BCUT2D eigenvalue weighted by Crippen LogP contribution is 2.29. The molecule has 0 bridgehead atoms. The highest BCUT2D eigenvalue weighted by molar-refractivity contribution is 7.12. The van der Waals surface area contributed by atoms with Gasteiger partial charge in [0.15, 0.2) is 11.5 Å². The number of hydrogen-bond acceptors (Lipinski definition) is 7. The number of amides is 1. The number of methoxy groups -OCH3 is 1. The van der Waals surface area contributed by atoms with Crippen molar-refractivity contribution in [1.29, 1.82) is 0 Å². The molecule has 0 saturated carbocycles. The summed E-state index contributed by atoms with van der Waals surface area (Å²) in [4.78, 5) is 35.9. The van der Waals surface area contributed by atoms with Gasteiger partial charge in [0.05, 0.1) is 12.0 Å². The first-order valence-corrected chi connectivity index (χ1v) is 12.1. The Kier molecular flexibility index (Phi) is 9.84. The summed E-state index contributed by atoms with van der Waals surface area (Å²) in [6, 6.07) is 20.0. The Labute approximate surface area is 213 Å². The minimum absolute atomic E-state index is 0.144. The molecule has 1 aliphatic heterocycles. The normalized spacial score (nSPS) is 13.3. The molecule has 2 heterocycles. The quantitative estimate of drug-likeness (QED) is 0.463. The van der Waals surface area contributed by atoms with Crippen molar-refractivity contribution in [3.8, 4) is 11.5 Å². The third-order valence-corrected chi connectivity index (χ3v) is 6.30. The van der Waals surface area contributed by atoms with Gasteiger partial charge in [0.1, 0.15) is 6.61 Å². The van der Waals surface area contributed by atoms with Crippen LogP contribution >= 0.6 is 11.3 Å². The van der Waals surface area contributed by atoms with Crippen molar-refractivity contribution in [3.05, 3.63) is 82.0 Å². The molecule has 1 aromatic heterocycles. The molecular weight excluding hydrogens is 484 g/mol. The maximum absolute atomic E-state index is 12.5. The molecule has 1 saturated heterocycles. The van der Waals surface area contributed by atoms with E-state index in [0.717, 1.165) is 54.7 Å². The zero-order chi connectivity index (χ0) is 25.9. The number of carboxylic acids is 2. The average Bonchev–Trinajstić information content (AvgIpc) is 3.44. The third-order valence-electron chi connectivity index (χ3n) is 5.45. The summed E-state index contributed by atoms with van der Waals surface area (Å²) >= 11 is 1.51. The van der Waals surface area contributed by atoms with Crippen molar-refractivity contribution in [2.75, 3.05) is 33.3 Å². The topological polar surface area (TPSA) is 117 Å². The van der Waals surface area contributed by atoms with Gasteiger partial charge in [0.2, 0.25) is 0 Å². The van der Waals surface area contributed by atoms with Crippen LogP contribution in [0, 0.1) is 0 Å². The van der Waals surface area contributed by atoms with Gasteiger partial charge in [-0.05, 0) is 34.7 Å². The van der Waals surface area contributed by atoms with E-state index in [1.54, 1.807) is 7.11 Å². The summed E-state index contributed by atoms with van der Waals surface area (Å²) in [6.07, 6.45) is 0. The van der Waals surface area contributed by atoms with Crippen LogP contribution in [-0.2, 0) is 22.7 Å². The van der Waals surface area contributed by atoms with Gasteiger partial charge in [-0.1, -0.05) is 42.5 Å². The number of piperazine rings is 1. The van der Waals surface area contributed by atoms with Gasteiger partial charge in [-0.25, -0.2) is 9.59 Å². The van der Waals surface area contributed by atoms with Gasteiger partial charge < -0.3 is 24.6 Å². The predicted molar refractivity (Wildman–Crippen MR) is 135 cm³/mol. The maximum atomic E-state index is 12.5. The Morgan fingerprint density at radius 1 is 0.861 bits per heavy atom. The van der Waals surface area contributed by atoms with Crippen molar-refractivity contribution in [3.63, 3.8) is 0 Å². The number of benzene rings is 2. The van der Waals surface area contributed by atoms with E-state index < -0.39 is 11.9 Å². The minimum atomic E-state index is -1.82. The fraction of sp³-hybridized carbons (Fsp3) is 0.269. The summed E-state index contributed by atoms with van der Waals surface area (Å²) in [5, 5.41) is 16.7. The molecule has 3 aromatic rings. The van der Waals surface area contributed by atoms with Gasteiger partial charge in [-0.15, -0.1) is 11.3 Å². The SMILES string of the molecule is COc1ccc(CN2CCN(C(=O)c3cccs3)CC2)cc1OCc1ccccc1.O=C(O)C(=O)O. The van der Waals surface area contributed by atoms with Crippen molar-refractivity contribution in [1.82, 2.24) is 9.80 Å². The Morgan fingerprint density at radius 2 is 1.56 bits per heavy atom. The molecule has 10 heteroatoms. The zero-order valence-electron chi connectivity index (χ0n) is 19.8. The summed E-state index contributed by atoms with van der Waals surface area (Å²) in [7, 11) is 1.66. The van der Waals surface area contributed by atoms with Crippen molar-refractivity contribution >= 4 is 29.2 Å². The first kappa shape index (κ1) is 26.7. The summed E-state index contributed by atoms with van der Waals surface area (Å²) in [5.74, 6) is -2.01. The summed E-state index contributed by atoms with van der Waals surface area (Å²) < 4.78 is 11.5. The average molecular weight is 513 g/mol. The number of hydrogen-bond donors (Lipinski definition) is 2. The largest absolute Gasteiger partial charge is 0.493 e. The lowest BCUT2D eigenvalue weighted by Crippen LogP contribution is -2.48. The van der Waals surface area contributed by atoms with Crippen LogP contribution in [0.5, 0.6) is 11.5 Å². The number of nitrogens with zero attached hydrogens (tertiary/aromatic N) is 2. The molecule has 0 aliphatic carbocycles. The molecular formula is C26H28N2O7S. The fourth-order valence-corrected chi connectivity index (χ4v) is 4.28. The number of carbonyl (C=O) groups excluding carboxylic acids is 1. The second kappa shape index (κ2) is 13.3. The van der Waals surface area contributed by atoms with Crippen molar-refractivity contribution in [2.24, 2.45) is 0 Å². The van der Waals surface area contributed by atoms with Crippen LogP contribution < -0.4 is 9.47 Å². The van der Waals surface area contributed by atoms with E-state index in [4.69, 9.17) is 29.3 Å². The van der Waals surface area contributed by atoms with Crippen LogP contribution in [0.25, 0.3) is 0 Å². The van der Waals surface area contributed by atoms with Crippen molar-refractivity contribution in [2.45, 2.75) is 13.2 Å². The van der Waals surface area contributed by atoms with Gasteiger partial charge in [0, 0.05) is 32.7 Å². The van der Waals surface area contributed by atoms with E-state index in [-0.39, 0.29) is 5.91 Å². The molecule has 0 unspecified atom stereocenters. The molecule has 1 amide bonds. The van der Waals surface area contributed by atoms with Crippen LogP contribution in [-0.4, -0.2) is 71.1 Å². The Bertz CT molecular complexity index is 1130. The lowest BCUT2D eigenvalue weighted by atomic mass is 10.1. The summed E-state index contributed by atoms with van der Waals surface area (Å²) in [6.45, 7) is 4.57. The molecule has 2 N–H and O–H groups in total. The van der Waals surface area contributed by atoms with Crippen LogP contribution in [0.4, 0.5) is 0 Å². The molecule has 9 nitrogen and oxygen atoms in total. The molecule has 1 fully saturated rings. The Morgan fingerprint density at radius 3 is 2.14 bits per heavy atom. The van der Waals surface area contributed by atoms with Gasteiger partial charge in [0.25, 0.3) is 5.91 Å². The number of thiophene rings is 1. The molecule has 2 aromatic carbocycles. The molecule has 0 atom stereocenters. The number of ether oxygens (including phenoxy) is 2. The molecule has 0 radical (unpaired) electrons. The van der Waals surface area contributed by atoms with Crippen molar-refractivity contribution < 1.29 is 34.1 Å². The summed E-state index contributed by atoms with van der Waals surface area (Å²) in [5.41, 5.74) is 2.30. The maximum Gasteiger partial charge on any atom is 0.414 e. The number of carboxylic acid groups (broad SMARTS) is 2. The van der Waals surface area contributed by atoms with E-state index in [0.29, 0.717) is 6.61 Å². The van der Waals surface area contributed by atoms with E-state index in [9.17, 15) is 4.79 Å². The van der Waals surface area contributed by atoms with E-state index in [1.165, 1.54) is 16.9 Å². The molecule has 1 aliphatic rings. The number of rotatable bonds is 7. The smallest absolute Gasteiger partial charge is 0.414 e. The van der Waals surface area contributed by atoms with Crippen LogP contribution in [0.3, 0.4) is 0 Å². The molecule has 190 valence electrons. The zero-order valence-corrected chi connectivity index (χ0v) is 20.6. The second-order valence-corrected chi connectivity index (χ2v) is 8.86. The van der Waals surface area contributed by atoms with E-state index in [1.807, 2.05) is 58.8 Å². The first-order valence-electron chi connectivity index (χ1n) is 11.2. The second-order valence-electron chi connectivity index (χ2n) is 7.92. The lowest BCUT2D eigenvalue weighted by molar-refractivity contribution is -0.159. The molecule has 0 spiro atoms. The highest BCUT2D eigenvalue weighted by Gasteiger charge is 2.23. The first-order chi connectivity index (χ1) is 17.4.